The van der Waals surface area contributed by atoms with E-state index in [1.807, 2.05) is 24.5 Å². The summed E-state index contributed by atoms with van der Waals surface area (Å²) in [6.45, 7) is 5.77. The Bertz CT molecular complexity index is 364. The lowest BCUT2D eigenvalue weighted by atomic mass is 10.1. The molecule has 1 aliphatic rings. The van der Waals surface area contributed by atoms with Crippen LogP contribution in [-0.2, 0) is 9.47 Å². The molecule has 0 N–H and O–H groups in total. The Morgan fingerprint density at radius 2 is 2.12 bits per heavy atom. The molecule has 1 aromatic carbocycles. The van der Waals surface area contributed by atoms with E-state index in [1.165, 1.54) is 5.56 Å². The summed E-state index contributed by atoms with van der Waals surface area (Å²) in [6.07, 6.45) is 2.80. The van der Waals surface area contributed by atoms with Crippen molar-refractivity contribution in [2.75, 3.05) is 13.2 Å². The van der Waals surface area contributed by atoms with E-state index in [9.17, 15) is 0 Å². The molecule has 2 nitrogen and oxygen atoms in total. The quantitative estimate of drug-likeness (QED) is 0.430. The van der Waals surface area contributed by atoms with E-state index in [0.717, 1.165) is 25.2 Å². The Labute approximate surface area is 96.9 Å². The maximum absolute atomic E-state index is 5.52. The molecule has 0 radical (unpaired) electrons. The first-order chi connectivity index (χ1) is 7.70. The van der Waals surface area contributed by atoms with Crippen molar-refractivity contribution in [2.45, 2.75) is 25.9 Å². The van der Waals surface area contributed by atoms with Crippen LogP contribution in [-0.4, -0.2) is 18.8 Å². The molecule has 0 spiro atoms. The smallest absolute Gasteiger partial charge is 0.0921 e. The highest BCUT2D eigenvalue weighted by molar-refractivity contribution is 5.62. The van der Waals surface area contributed by atoms with Crippen LogP contribution in [0, 0.1) is 0 Å². The zero-order valence-corrected chi connectivity index (χ0v) is 9.90. The lowest BCUT2D eigenvalue weighted by Crippen LogP contribution is -2.07. The van der Waals surface area contributed by atoms with Crippen LogP contribution in [0.4, 0.5) is 0 Å². The molecule has 16 heavy (non-hydrogen) atoms. The van der Waals surface area contributed by atoms with Crippen LogP contribution in [0.3, 0.4) is 0 Å². The van der Waals surface area contributed by atoms with Gasteiger partial charge in [-0.1, -0.05) is 30.3 Å². The van der Waals surface area contributed by atoms with E-state index in [0.29, 0.717) is 0 Å². The molecule has 1 atom stereocenters. The molecule has 1 saturated heterocycles. The van der Waals surface area contributed by atoms with Crippen LogP contribution < -0.4 is 0 Å². The van der Waals surface area contributed by atoms with Gasteiger partial charge in [-0.15, -0.1) is 0 Å². The Morgan fingerprint density at radius 1 is 1.44 bits per heavy atom. The van der Waals surface area contributed by atoms with Crippen molar-refractivity contribution in [1.82, 2.24) is 0 Å². The normalized spacial score (nSPS) is 24.2. The van der Waals surface area contributed by atoms with E-state index in [-0.39, 0.29) is 5.60 Å². The summed E-state index contributed by atoms with van der Waals surface area (Å²) in [6, 6.07) is 10.3. The fraction of sp³-hybridized carbons (Fsp3) is 0.429. The lowest BCUT2D eigenvalue weighted by Gasteiger charge is -2.06. The Morgan fingerprint density at radius 3 is 2.75 bits per heavy atom. The summed E-state index contributed by atoms with van der Waals surface area (Å²) in [5, 5.41) is 0. The molecule has 1 unspecified atom stereocenters. The Hall–Kier alpha value is -1.28. The summed E-state index contributed by atoms with van der Waals surface area (Å²) in [7, 11) is 0. The average molecular weight is 218 g/mol. The van der Waals surface area contributed by atoms with Crippen LogP contribution in [0.25, 0.3) is 5.57 Å². The highest BCUT2D eigenvalue weighted by Gasteiger charge is 2.38. The molecular weight excluding hydrogens is 200 g/mol. The summed E-state index contributed by atoms with van der Waals surface area (Å²) in [5.74, 6) is 0. The summed E-state index contributed by atoms with van der Waals surface area (Å²) in [5.41, 5.74) is 2.45. The second-order valence-corrected chi connectivity index (χ2v) is 4.53. The van der Waals surface area contributed by atoms with Crippen molar-refractivity contribution >= 4 is 5.57 Å². The molecule has 1 aliphatic heterocycles. The van der Waals surface area contributed by atoms with Crippen molar-refractivity contribution in [2.24, 2.45) is 0 Å². The van der Waals surface area contributed by atoms with Gasteiger partial charge >= 0.3 is 0 Å². The molecule has 0 amide bonds. The van der Waals surface area contributed by atoms with Gasteiger partial charge < -0.3 is 9.47 Å². The first-order valence-corrected chi connectivity index (χ1v) is 5.67. The predicted molar refractivity (Wildman–Crippen MR) is 65.0 cm³/mol. The van der Waals surface area contributed by atoms with Crippen molar-refractivity contribution in [3.63, 3.8) is 0 Å². The van der Waals surface area contributed by atoms with Crippen LogP contribution in [0.2, 0.25) is 0 Å². The van der Waals surface area contributed by atoms with Crippen molar-refractivity contribution in [3.05, 3.63) is 42.2 Å². The molecular formula is C14H18O2. The van der Waals surface area contributed by atoms with E-state index in [2.05, 4.69) is 26.0 Å². The highest BCUT2D eigenvalue weighted by Crippen LogP contribution is 2.29. The van der Waals surface area contributed by atoms with Crippen molar-refractivity contribution in [1.29, 1.82) is 0 Å². The van der Waals surface area contributed by atoms with Crippen LogP contribution in [0.5, 0.6) is 0 Å². The number of ether oxygens (including phenoxy) is 2. The number of allylic oxidation sites excluding steroid dienone is 1. The van der Waals surface area contributed by atoms with E-state index in [1.54, 1.807) is 0 Å². The third-order valence-electron chi connectivity index (χ3n) is 2.88. The molecule has 0 saturated carbocycles. The number of hydrogen-bond acceptors (Lipinski definition) is 2. The average Bonchev–Trinajstić information content (AvgIpc) is 3.04. The third kappa shape index (κ3) is 3.11. The standard InChI is InChI=1S/C14H18O2/c1-12(13-6-4-3-5-7-13)10-15-9-8-14(2)11-16-14/h3-7,10H,8-9,11H2,1-2H3/b12-10-. The van der Waals surface area contributed by atoms with Gasteiger partial charge in [-0.3, -0.25) is 0 Å². The fourth-order valence-electron chi connectivity index (χ4n) is 1.50. The van der Waals surface area contributed by atoms with Crippen LogP contribution in [0.15, 0.2) is 36.6 Å². The fourth-order valence-corrected chi connectivity index (χ4v) is 1.50. The maximum Gasteiger partial charge on any atom is 0.0921 e. The van der Waals surface area contributed by atoms with Crippen LogP contribution >= 0.6 is 0 Å². The summed E-state index contributed by atoms with van der Waals surface area (Å²) >= 11 is 0. The molecule has 0 aliphatic carbocycles. The maximum atomic E-state index is 5.52. The van der Waals surface area contributed by atoms with Crippen LogP contribution in [0.1, 0.15) is 25.8 Å². The van der Waals surface area contributed by atoms with Gasteiger partial charge in [-0.25, -0.2) is 0 Å². The lowest BCUT2D eigenvalue weighted by molar-refractivity contribution is 0.201. The number of rotatable bonds is 5. The van der Waals surface area contributed by atoms with E-state index >= 15 is 0 Å². The Balaban J connectivity index is 1.78. The minimum Gasteiger partial charge on any atom is -0.501 e. The molecule has 86 valence electrons. The van der Waals surface area contributed by atoms with E-state index in [4.69, 9.17) is 9.47 Å². The summed E-state index contributed by atoms with van der Waals surface area (Å²) < 4.78 is 10.8. The van der Waals surface area contributed by atoms with E-state index < -0.39 is 0 Å². The molecule has 2 rings (SSSR count). The van der Waals surface area contributed by atoms with Gasteiger partial charge in [0, 0.05) is 6.42 Å². The first kappa shape index (κ1) is 11.2. The molecule has 0 bridgehead atoms. The topological polar surface area (TPSA) is 21.8 Å². The van der Waals surface area contributed by atoms with Crippen molar-refractivity contribution < 1.29 is 9.47 Å². The van der Waals surface area contributed by atoms with Gasteiger partial charge in [-0.05, 0) is 25.0 Å². The number of epoxide rings is 1. The predicted octanol–water partition coefficient (Wildman–Crippen LogP) is 3.24. The molecule has 0 aromatic heterocycles. The minimum absolute atomic E-state index is 0.0918. The van der Waals surface area contributed by atoms with Gasteiger partial charge in [0.25, 0.3) is 0 Å². The highest BCUT2D eigenvalue weighted by atomic mass is 16.6. The monoisotopic (exact) mass is 218 g/mol. The second kappa shape index (κ2) is 4.71. The van der Waals surface area contributed by atoms with Gasteiger partial charge in [0.05, 0.1) is 25.1 Å². The number of benzene rings is 1. The van der Waals surface area contributed by atoms with Gasteiger partial charge in [-0.2, -0.15) is 0 Å². The molecule has 1 heterocycles. The van der Waals surface area contributed by atoms with Gasteiger partial charge in [0.2, 0.25) is 0 Å². The number of hydrogen-bond donors (Lipinski definition) is 0. The van der Waals surface area contributed by atoms with Gasteiger partial charge in [0.1, 0.15) is 0 Å². The minimum atomic E-state index is 0.0918. The largest absolute Gasteiger partial charge is 0.501 e. The molecule has 2 heteroatoms. The molecule has 1 fully saturated rings. The van der Waals surface area contributed by atoms with Gasteiger partial charge in [0.15, 0.2) is 0 Å². The second-order valence-electron chi connectivity index (χ2n) is 4.53. The Kier molecular flexibility index (Phi) is 3.30. The third-order valence-corrected chi connectivity index (χ3v) is 2.88. The zero-order chi connectivity index (χ0) is 11.4. The summed E-state index contributed by atoms with van der Waals surface area (Å²) in [4.78, 5) is 0. The zero-order valence-electron chi connectivity index (χ0n) is 9.90. The van der Waals surface area contributed by atoms with Crippen molar-refractivity contribution in [3.8, 4) is 0 Å². The molecule has 1 aromatic rings. The first-order valence-electron chi connectivity index (χ1n) is 5.67. The SMILES string of the molecule is C/C(=C/OCCC1(C)CO1)c1ccccc1.